The summed E-state index contributed by atoms with van der Waals surface area (Å²) in [5.74, 6) is 0. The fourth-order valence-corrected chi connectivity index (χ4v) is 2.86. The number of benzene rings is 1. The van der Waals surface area contributed by atoms with Gasteiger partial charge in [-0.05, 0) is 33.8 Å². The second-order valence-corrected chi connectivity index (χ2v) is 7.07. The summed E-state index contributed by atoms with van der Waals surface area (Å²) in [5, 5.41) is 2.14. The molecular formula is C18H19BN2O2. The van der Waals surface area contributed by atoms with E-state index in [1.807, 2.05) is 18.3 Å². The molecule has 0 atom stereocenters. The van der Waals surface area contributed by atoms with Crippen molar-refractivity contribution in [3.05, 3.63) is 42.7 Å². The maximum absolute atomic E-state index is 6.11. The van der Waals surface area contributed by atoms with Crippen molar-refractivity contribution >= 4 is 34.4 Å². The zero-order valence-corrected chi connectivity index (χ0v) is 13.8. The zero-order chi connectivity index (χ0) is 16.2. The van der Waals surface area contributed by atoms with Crippen molar-refractivity contribution in [3.63, 3.8) is 0 Å². The highest BCUT2D eigenvalue weighted by Crippen LogP contribution is 2.36. The third-order valence-electron chi connectivity index (χ3n) is 4.97. The van der Waals surface area contributed by atoms with E-state index < -0.39 is 7.12 Å². The number of aromatic nitrogens is 2. The molecule has 0 saturated carbocycles. The van der Waals surface area contributed by atoms with Crippen LogP contribution in [0.5, 0.6) is 0 Å². The van der Waals surface area contributed by atoms with E-state index >= 15 is 0 Å². The van der Waals surface area contributed by atoms with E-state index in [4.69, 9.17) is 9.31 Å². The van der Waals surface area contributed by atoms with Crippen LogP contribution >= 0.6 is 0 Å². The number of hydrogen-bond acceptors (Lipinski definition) is 4. The topological polar surface area (TPSA) is 44.2 Å². The molecular weight excluding hydrogens is 287 g/mol. The second kappa shape index (κ2) is 4.76. The number of hydrogen-bond donors (Lipinski definition) is 0. The van der Waals surface area contributed by atoms with Crippen molar-refractivity contribution in [1.82, 2.24) is 9.97 Å². The molecule has 1 fully saturated rings. The van der Waals surface area contributed by atoms with Crippen LogP contribution in [0, 0.1) is 0 Å². The van der Waals surface area contributed by atoms with Crippen LogP contribution in [0.3, 0.4) is 0 Å². The molecule has 3 heterocycles. The molecule has 4 rings (SSSR count). The number of pyridine rings is 2. The van der Waals surface area contributed by atoms with E-state index in [9.17, 15) is 0 Å². The lowest BCUT2D eigenvalue weighted by Gasteiger charge is -2.32. The van der Waals surface area contributed by atoms with Gasteiger partial charge in [-0.1, -0.05) is 24.3 Å². The summed E-state index contributed by atoms with van der Waals surface area (Å²) in [5.41, 5.74) is 2.06. The van der Waals surface area contributed by atoms with Gasteiger partial charge in [0.15, 0.2) is 0 Å². The first kappa shape index (κ1) is 14.6. The van der Waals surface area contributed by atoms with Crippen molar-refractivity contribution in [2.45, 2.75) is 38.9 Å². The van der Waals surface area contributed by atoms with Gasteiger partial charge in [-0.25, -0.2) is 0 Å². The minimum absolute atomic E-state index is 0.350. The summed E-state index contributed by atoms with van der Waals surface area (Å²) < 4.78 is 12.2. The molecule has 1 saturated heterocycles. The Morgan fingerprint density at radius 1 is 0.870 bits per heavy atom. The Hall–Kier alpha value is -1.98. The van der Waals surface area contributed by atoms with E-state index in [0.717, 1.165) is 27.3 Å². The van der Waals surface area contributed by atoms with Crippen LogP contribution in [0.25, 0.3) is 21.8 Å². The van der Waals surface area contributed by atoms with Gasteiger partial charge in [-0.3, -0.25) is 9.97 Å². The van der Waals surface area contributed by atoms with Crippen molar-refractivity contribution in [2.24, 2.45) is 0 Å². The Bertz CT molecular complexity index is 892. The number of nitrogens with zero attached hydrogens (tertiary/aromatic N) is 2. The smallest absolute Gasteiger partial charge is 0.399 e. The molecule has 0 bridgehead atoms. The van der Waals surface area contributed by atoms with Crippen molar-refractivity contribution < 1.29 is 9.31 Å². The Kier molecular flexibility index (Phi) is 3.02. The van der Waals surface area contributed by atoms with Gasteiger partial charge in [0.1, 0.15) is 0 Å². The van der Waals surface area contributed by atoms with Gasteiger partial charge < -0.3 is 9.31 Å². The van der Waals surface area contributed by atoms with E-state index in [1.54, 1.807) is 6.20 Å². The van der Waals surface area contributed by atoms with Gasteiger partial charge in [0.05, 0.1) is 22.2 Å². The minimum Gasteiger partial charge on any atom is -0.399 e. The molecule has 116 valence electrons. The predicted molar refractivity (Wildman–Crippen MR) is 92.8 cm³/mol. The summed E-state index contributed by atoms with van der Waals surface area (Å²) in [6, 6.07) is 10.2. The molecule has 4 nitrogen and oxygen atoms in total. The lowest BCUT2D eigenvalue weighted by molar-refractivity contribution is 0.00578. The molecule has 23 heavy (non-hydrogen) atoms. The average molecular weight is 306 g/mol. The first-order valence-corrected chi connectivity index (χ1v) is 7.86. The number of rotatable bonds is 1. The first-order chi connectivity index (χ1) is 10.9. The monoisotopic (exact) mass is 306 g/mol. The van der Waals surface area contributed by atoms with Gasteiger partial charge in [-0.2, -0.15) is 0 Å². The van der Waals surface area contributed by atoms with Gasteiger partial charge in [0.2, 0.25) is 0 Å². The van der Waals surface area contributed by atoms with Crippen molar-refractivity contribution in [1.29, 1.82) is 0 Å². The van der Waals surface area contributed by atoms with E-state index in [1.165, 1.54) is 0 Å². The molecule has 3 aromatic rings. The Morgan fingerprint density at radius 2 is 1.52 bits per heavy atom. The summed E-state index contributed by atoms with van der Waals surface area (Å²) >= 11 is 0. The Labute approximate surface area is 136 Å². The first-order valence-electron chi connectivity index (χ1n) is 7.86. The van der Waals surface area contributed by atoms with Crippen molar-refractivity contribution in [3.8, 4) is 0 Å². The highest BCUT2D eigenvalue weighted by Gasteiger charge is 2.51. The molecule has 5 heteroatoms. The Balaban J connectivity index is 1.80. The molecule has 0 amide bonds. The van der Waals surface area contributed by atoms with Crippen LogP contribution in [-0.4, -0.2) is 28.3 Å². The summed E-state index contributed by atoms with van der Waals surface area (Å²) in [6.45, 7) is 8.22. The summed E-state index contributed by atoms with van der Waals surface area (Å²) in [6.07, 6.45) is 3.63. The standard InChI is InChI=1S/C18H19BN2O2/c1-17(2)18(3,4)23-19(22-17)14-10-13-8-7-12-6-5-9-20-15(12)16(13)21-11-14/h5-11H,1-4H3. The van der Waals surface area contributed by atoms with Gasteiger partial charge in [-0.15, -0.1) is 0 Å². The summed E-state index contributed by atoms with van der Waals surface area (Å²) in [7, 11) is -0.392. The lowest BCUT2D eigenvalue weighted by atomic mass is 9.80. The lowest BCUT2D eigenvalue weighted by Crippen LogP contribution is -2.41. The normalized spacial score (nSPS) is 19.6. The highest BCUT2D eigenvalue weighted by molar-refractivity contribution is 6.62. The molecule has 1 aromatic carbocycles. The van der Waals surface area contributed by atoms with Crippen molar-refractivity contribution in [2.75, 3.05) is 0 Å². The SMILES string of the molecule is CC1(C)OB(c2cnc3c(ccc4cccnc43)c2)OC1(C)C. The van der Waals surface area contributed by atoms with Crippen LogP contribution in [0.15, 0.2) is 42.7 Å². The molecule has 0 N–H and O–H groups in total. The summed E-state index contributed by atoms with van der Waals surface area (Å²) in [4.78, 5) is 9.08. The number of fused-ring (bicyclic) bond motifs is 3. The van der Waals surface area contributed by atoms with Crippen LogP contribution in [0.1, 0.15) is 27.7 Å². The molecule has 1 aliphatic heterocycles. The third kappa shape index (κ3) is 2.23. The van der Waals surface area contributed by atoms with E-state index in [2.05, 4.69) is 55.9 Å². The van der Waals surface area contributed by atoms with E-state index in [0.29, 0.717) is 0 Å². The molecule has 2 aromatic heterocycles. The zero-order valence-electron chi connectivity index (χ0n) is 13.8. The quantitative estimate of drug-likeness (QED) is 0.512. The molecule has 0 unspecified atom stereocenters. The fraction of sp³-hybridized carbons (Fsp3) is 0.333. The van der Waals surface area contributed by atoms with Crippen LogP contribution in [-0.2, 0) is 9.31 Å². The maximum Gasteiger partial charge on any atom is 0.496 e. The minimum atomic E-state index is -0.392. The average Bonchev–Trinajstić information content (AvgIpc) is 2.75. The largest absolute Gasteiger partial charge is 0.496 e. The fourth-order valence-electron chi connectivity index (χ4n) is 2.86. The maximum atomic E-state index is 6.11. The third-order valence-corrected chi connectivity index (χ3v) is 4.97. The van der Waals surface area contributed by atoms with E-state index in [-0.39, 0.29) is 11.2 Å². The molecule has 1 aliphatic rings. The van der Waals surface area contributed by atoms with Crippen LogP contribution < -0.4 is 5.46 Å². The van der Waals surface area contributed by atoms with Gasteiger partial charge in [0, 0.05) is 28.6 Å². The van der Waals surface area contributed by atoms with Gasteiger partial charge >= 0.3 is 7.12 Å². The van der Waals surface area contributed by atoms with Gasteiger partial charge in [0.25, 0.3) is 0 Å². The molecule has 0 radical (unpaired) electrons. The molecule has 0 spiro atoms. The van der Waals surface area contributed by atoms with Crippen LogP contribution in [0.4, 0.5) is 0 Å². The second-order valence-electron chi connectivity index (χ2n) is 7.07. The predicted octanol–water partition coefficient (Wildman–Crippen LogP) is 3.08. The molecule has 0 aliphatic carbocycles. The highest BCUT2D eigenvalue weighted by atomic mass is 16.7. The Morgan fingerprint density at radius 3 is 2.26 bits per heavy atom. The van der Waals surface area contributed by atoms with Crippen LogP contribution in [0.2, 0.25) is 0 Å².